The van der Waals surface area contributed by atoms with Gasteiger partial charge >= 0.3 is 0 Å². The Morgan fingerprint density at radius 2 is 1.52 bits per heavy atom. The molecule has 0 spiro atoms. The lowest BCUT2D eigenvalue weighted by atomic mass is 10.0. The second-order valence-corrected chi connectivity index (χ2v) is 11.9. The fraction of sp³-hybridized carbons (Fsp3) is 0.355. The second kappa shape index (κ2) is 14.5. The average Bonchev–Trinajstić information content (AvgIpc) is 2.93. The predicted octanol–water partition coefficient (Wildman–Crippen LogP) is 4.41. The largest absolute Gasteiger partial charge is 0.497 e. The summed E-state index contributed by atoms with van der Waals surface area (Å²) in [6.45, 7) is 4.14. The molecule has 0 radical (unpaired) electrons. The first kappa shape index (κ1) is 30.7. The zero-order chi connectivity index (χ0) is 29.1. The molecule has 0 fully saturated rings. The number of hydrogen-bond acceptors (Lipinski definition) is 5. The highest BCUT2D eigenvalue weighted by Crippen LogP contribution is 2.24. The van der Waals surface area contributed by atoms with Crippen molar-refractivity contribution < 1.29 is 22.7 Å². The van der Waals surface area contributed by atoms with Crippen LogP contribution in [0.2, 0.25) is 0 Å². The van der Waals surface area contributed by atoms with Crippen LogP contribution in [-0.2, 0) is 32.6 Å². The minimum atomic E-state index is -3.60. The number of carbonyl (C=O) groups is 2. The third kappa shape index (κ3) is 9.12. The molecule has 0 saturated carbocycles. The molecule has 1 atom stereocenters. The quantitative estimate of drug-likeness (QED) is 0.313. The minimum Gasteiger partial charge on any atom is -0.497 e. The highest BCUT2D eigenvalue weighted by Gasteiger charge is 2.31. The first-order valence-electron chi connectivity index (χ1n) is 13.4. The van der Waals surface area contributed by atoms with Crippen LogP contribution in [0.3, 0.4) is 0 Å². The maximum atomic E-state index is 13.8. The molecule has 0 aliphatic heterocycles. The molecule has 3 rings (SSSR count). The topological polar surface area (TPSA) is 96.0 Å². The van der Waals surface area contributed by atoms with E-state index >= 15 is 0 Å². The number of nitrogens with one attached hydrogen (secondary N) is 1. The van der Waals surface area contributed by atoms with Gasteiger partial charge in [0.25, 0.3) is 0 Å². The normalized spacial score (nSPS) is 12.0. The molecular weight excluding hydrogens is 526 g/mol. The Morgan fingerprint density at radius 3 is 2.10 bits per heavy atom. The zero-order valence-corrected chi connectivity index (χ0v) is 24.4. The van der Waals surface area contributed by atoms with E-state index in [2.05, 4.69) is 5.32 Å². The maximum Gasteiger partial charge on any atom is 0.243 e. The van der Waals surface area contributed by atoms with Crippen LogP contribution in [0.4, 0.5) is 5.69 Å². The number of hydrogen-bond donors (Lipinski definition) is 1. The number of anilines is 1. The van der Waals surface area contributed by atoms with Gasteiger partial charge in [0.2, 0.25) is 21.8 Å². The molecule has 40 heavy (non-hydrogen) atoms. The summed E-state index contributed by atoms with van der Waals surface area (Å²) in [5.41, 5.74) is 2.31. The van der Waals surface area contributed by atoms with Gasteiger partial charge < -0.3 is 15.0 Å². The van der Waals surface area contributed by atoms with Crippen molar-refractivity contribution in [3.8, 4) is 5.75 Å². The predicted molar refractivity (Wildman–Crippen MR) is 159 cm³/mol. The number of sulfonamides is 1. The van der Waals surface area contributed by atoms with E-state index < -0.39 is 16.1 Å². The molecule has 0 heterocycles. The van der Waals surface area contributed by atoms with Gasteiger partial charge in [-0.3, -0.25) is 13.9 Å². The minimum absolute atomic E-state index is 0.0725. The molecule has 0 unspecified atom stereocenters. The van der Waals surface area contributed by atoms with Crippen molar-refractivity contribution >= 4 is 27.5 Å². The van der Waals surface area contributed by atoms with Crippen molar-refractivity contribution in [1.82, 2.24) is 10.2 Å². The van der Waals surface area contributed by atoms with E-state index in [0.29, 0.717) is 17.9 Å². The Morgan fingerprint density at radius 1 is 0.900 bits per heavy atom. The summed E-state index contributed by atoms with van der Waals surface area (Å²) in [6, 6.07) is 25.2. The van der Waals surface area contributed by atoms with Gasteiger partial charge in [0, 0.05) is 38.0 Å². The smallest absolute Gasteiger partial charge is 0.243 e. The van der Waals surface area contributed by atoms with Crippen LogP contribution in [-0.4, -0.2) is 57.1 Å². The van der Waals surface area contributed by atoms with Crippen LogP contribution in [0, 0.1) is 0 Å². The summed E-state index contributed by atoms with van der Waals surface area (Å²) in [4.78, 5) is 28.9. The number of carbonyl (C=O) groups excluding carboxylic acids is 2. The van der Waals surface area contributed by atoms with E-state index in [-0.39, 0.29) is 43.8 Å². The lowest BCUT2D eigenvalue weighted by Gasteiger charge is -2.32. The second-order valence-electron chi connectivity index (χ2n) is 10.0. The van der Waals surface area contributed by atoms with Crippen LogP contribution in [0.5, 0.6) is 5.75 Å². The Labute approximate surface area is 238 Å². The molecule has 8 nitrogen and oxygen atoms in total. The summed E-state index contributed by atoms with van der Waals surface area (Å²) in [7, 11) is -2.09. The van der Waals surface area contributed by atoms with Crippen LogP contribution in [0.25, 0.3) is 0 Å². The van der Waals surface area contributed by atoms with E-state index in [4.69, 9.17) is 4.74 Å². The molecule has 0 aliphatic rings. The average molecular weight is 566 g/mol. The molecule has 0 saturated heterocycles. The Kier molecular flexibility index (Phi) is 11.1. The lowest BCUT2D eigenvalue weighted by molar-refractivity contribution is -0.141. The SMILES string of the molecule is COc1cccc(N(CCCC(=O)N(Cc2ccccc2)[C@@H](Cc2ccccc2)C(=O)NC(C)C)S(C)(=O)=O)c1. The molecule has 3 aromatic carbocycles. The molecule has 3 aromatic rings. The monoisotopic (exact) mass is 565 g/mol. The van der Waals surface area contributed by atoms with Gasteiger partial charge in [0.1, 0.15) is 11.8 Å². The van der Waals surface area contributed by atoms with Gasteiger partial charge in [0.15, 0.2) is 0 Å². The van der Waals surface area contributed by atoms with Gasteiger partial charge in [-0.25, -0.2) is 8.42 Å². The van der Waals surface area contributed by atoms with E-state index in [1.807, 2.05) is 74.5 Å². The van der Waals surface area contributed by atoms with Crippen molar-refractivity contribution in [2.24, 2.45) is 0 Å². The summed E-state index contributed by atoms with van der Waals surface area (Å²) < 4.78 is 31.8. The highest BCUT2D eigenvalue weighted by molar-refractivity contribution is 7.92. The van der Waals surface area contributed by atoms with E-state index in [0.717, 1.165) is 17.4 Å². The Bertz CT molecular complexity index is 1350. The molecule has 2 amide bonds. The van der Waals surface area contributed by atoms with Crippen LogP contribution >= 0.6 is 0 Å². The fourth-order valence-corrected chi connectivity index (χ4v) is 5.44. The van der Waals surface area contributed by atoms with Crippen molar-refractivity contribution in [2.75, 3.05) is 24.2 Å². The molecule has 0 bridgehead atoms. The van der Waals surface area contributed by atoms with Gasteiger partial charge in [0.05, 0.1) is 19.1 Å². The zero-order valence-electron chi connectivity index (χ0n) is 23.6. The van der Waals surface area contributed by atoms with Crippen LogP contribution < -0.4 is 14.4 Å². The Hall–Kier alpha value is -3.85. The molecule has 214 valence electrons. The van der Waals surface area contributed by atoms with Gasteiger partial charge in [-0.15, -0.1) is 0 Å². The summed E-state index contributed by atoms with van der Waals surface area (Å²) in [5, 5.41) is 2.98. The molecule has 1 N–H and O–H groups in total. The Balaban J connectivity index is 1.86. The summed E-state index contributed by atoms with van der Waals surface area (Å²) in [6.07, 6.45) is 1.85. The molecular formula is C31H39N3O5S. The van der Waals surface area contributed by atoms with Crippen LogP contribution in [0.1, 0.15) is 37.8 Å². The lowest BCUT2D eigenvalue weighted by Crippen LogP contribution is -2.51. The first-order chi connectivity index (χ1) is 19.1. The number of rotatable bonds is 14. The number of nitrogens with zero attached hydrogens (tertiary/aromatic N) is 2. The van der Waals surface area contributed by atoms with E-state index in [1.165, 1.54) is 11.4 Å². The van der Waals surface area contributed by atoms with Gasteiger partial charge in [-0.2, -0.15) is 0 Å². The summed E-state index contributed by atoms with van der Waals surface area (Å²) in [5.74, 6) is 0.0937. The highest BCUT2D eigenvalue weighted by atomic mass is 32.2. The van der Waals surface area contributed by atoms with Crippen molar-refractivity contribution in [2.45, 2.75) is 51.7 Å². The van der Waals surface area contributed by atoms with Crippen molar-refractivity contribution in [3.63, 3.8) is 0 Å². The number of ether oxygens (including phenoxy) is 1. The van der Waals surface area contributed by atoms with Gasteiger partial charge in [-0.05, 0) is 43.5 Å². The standard InChI is InChI=1S/C31H39N3O5S/c1-24(2)32-31(36)29(21-25-13-7-5-8-14-25)33(23-26-15-9-6-10-16-26)30(35)19-12-20-34(40(4,37)38)27-17-11-18-28(22-27)39-3/h5-11,13-18,22,24,29H,12,19-21,23H2,1-4H3,(H,32,36)/t29-/m0/s1. The first-order valence-corrected chi connectivity index (χ1v) is 15.2. The van der Waals surface area contributed by atoms with Crippen molar-refractivity contribution in [3.05, 3.63) is 96.1 Å². The fourth-order valence-electron chi connectivity index (χ4n) is 4.48. The van der Waals surface area contributed by atoms with Crippen LogP contribution in [0.15, 0.2) is 84.9 Å². The maximum absolute atomic E-state index is 13.8. The number of benzene rings is 3. The third-order valence-corrected chi connectivity index (χ3v) is 7.59. The number of methoxy groups -OCH3 is 1. The van der Waals surface area contributed by atoms with Gasteiger partial charge in [-0.1, -0.05) is 66.7 Å². The molecule has 0 aliphatic carbocycles. The summed E-state index contributed by atoms with van der Waals surface area (Å²) >= 11 is 0. The molecule has 0 aromatic heterocycles. The number of amides is 2. The molecule has 9 heteroatoms. The van der Waals surface area contributed by atoms with E-state index in [1.54, 1.807) is 29.2 Å². The van der Waals surface area contributed by atoms with E-state index in [9.17, 15) is 18.0 Å². The van der Waals surface area contributed by atoms with Crippen molar-refractivity contribution in [1.29, 1.82) is 0 Å². The third-order valence-electron chi connectivity index (χ3n) is 6.39.